The van der Waals surface area contributed by atoms with E-state index >= 15 is 0 Å². The Morgan fingerprint density at radius 1 is 0.900 bits per heavy atom. The Morgan fingerprint density at radius 3 is 1.88 bits per heavy atom. The standard InChI is InChI=1S/C26H34N4O10/c1-39-13-21(31)27-14-9-18(25(35)36)29(11-14)23(33)16-5-2-3-6-17(16)24(34)30-12-15(10-19(30)26(37)38)28-22(32)20-7-4-8-40-20/h4,7-8,14-19H,2-3,5-6,9-13H2,1H3,(H,27,31)(H,28,32)(H,35,36)(H,37,38)/p-2/t14-,15-,16-,17-,18-,19-/m0/s1. The second kappa shape index (κ2) is 12.5. The van der Waals surface area contributed by atoms with Crippen molar-refractivity contribution in [2.24, 2.45) is 11.8 Å². The maximum absolute atomic E-state index is 13.7. The molecule has 0 radical (unpaired) electrons. The highest BCUT2D eigenvalue weighted by molar-refractivity contribution is 5.93. The Balaban J connectivity index is 1.48. The molecule has 14 heteroatoms. The molecule has 3 aliphatic rings. The van der Waals surface area contributed by atoms with Crippen LogP contribution in [0.25, 0.3) is 0 Å². The van der Waals surface area contributed by atoms with Gasteiger partial charge in [-0.2, -0.15) is 0 Å². The van der Waals surface area contributed by atoms with Gasteiger partial charge in [0.05, 0.1) is 30.3 Å². The van der Waals surface area contributed by atoms with Crippen molar-refractivity contribution in [3.05, 3.63) is 24.2 Å². The number of carbonyl (C=O) groups excluding carboxylic acids is 6. The number of carbonyl (C=O) groups is 6. The highest BCUT2D eigenvalue weighted by atomic mass is 16.5. The lowest BCUT2D eigenvalue weighted by atomic mass is 9.77. The molecule has 6 atom stereocenters. The number of rotatable bonds is 9. The van der Waals surface area contributed by atoms with Gasteiger partial charge in [0.2, 0.25) is 17.7 Å². The van der Waals surface area contributed by atoms with Crippen molar-refractivity contribution >= 4 is 35.6 Å². The normalized spacial score (nSPS) is 28.2. The molecule has 1 aromatic rings. The largest absolute Gasteiger partial charge is 0.548 e. The van der Waals surface area contributed by atoms with Crippen molar-refractivity contribution in [3.8, 4) is 0 Å². The fourth-order valence-electron chi connectivity index (χ4n) is 6.03. The Hall–Kier alpha value is -3.94. The van der Waals surface area contributed by atoms with Gasteiger partial charge >= 0.3 is 0 Å². The third kappa shape index (κ3) is 6.27. The van der Waals surface area contributed by atoms with Crippen molar-refractivity contribution in [1.29, 1.82) is 0 Å². The minimum Gasteiger partial charge on any atom is -0.548 e. The topological polar surface area (TPSA) is 201 Å². The van der Waals surface area contributed by atoms with Crippen molar-refractivity contribution in [2.45, 2.75) is 62.7 Å². The lowest BCUT2D eigenvalue weighted by Gasteiger charge is -2.37. The van der Waals surface area contributed by atoms with Crippen LogP contribution in [0.2, 0.25) is 0 Å². The summed E-state index contributed by atoms with van der Waals surface area (Å²) < 4.78 is 9.85. The maximum Gasteiger partial charge on any atom is 0.287 e. The minimum atomic E-state index is -1.48. The van der Waals surface area contributed by atoms with E-state index in [1.165, 1.54) is 25.5 Å². The molecule has 14 nitrogen and oxygen atoms in total. The first kappa shape index (κ1) is 29.1. The molecule has 3 fully saturated rings. The van der Waals surface area contributed by atoms with Crippen LogP contribution >= 0.6 is 0 Å². The number of ether oxygens (including phenoxy) is 1. The number of carboxylic acids is 2. The zero-order chi connectivity index (χ0) is 29.0. The molecule has 0 bridgehead atoms. The summed E-state index contributed by atoms with van der Waals surface area (Å²) in [6.07, 6.45) is 3.08. The molecule has 1 aromatic heterocycles. The highest BCUT2D eigenvalue weighted by Crippen LogP contribution is 2.36. The molecule has 0 unspecified atom stereocenters. The zero-order valence-corrected chi connectivity index (χ0v) is 22.0. The van der Waals surface area contributed by atoms with E-state index in [0.29, 0.717) is 25.7 Å². The summed E-state index contributed by atoms with van der Waals surface area (Å²) in [4.78, 5) is 77.9. The average Bonchev–Trinajstić information content (AvgIpc) is 3.68. The predicted molar refractivity (Wildman–Crippen MR) is 129 cm³/mol. The van der Waals surface area contributed by atoms with Gasteiger partial charge in [-0.15, -0.1) is 0 Å². The second-order valence-electron chi connectivity index (χ2n) is 10.5. The average molecular weight is 561 g/mol. The molecule has 4 amide bonds. The minimum absolute atomic E-state index is 0.0394. The van der Waals surface area contributed by atoms with E-state index in [9.17, 15) is 39.0 Å². The lowest BCUT2D eigenvalue weighted by Crippen LogP contribution is -2.54. The third-order valence-corrected chi connectivity index (χ3v) is 7.83. The number of amides is 4. The van der Waals surface area contributed by atoms with Crippen LogP contribution in [0.3, 0.4) is 0 Å². The van der Waals surface area contributed by atoms with Crippen LogP contribution in [-0.4, -0.2) is 96.3 Å². The van der Waals surface area contributed by atoms with Crippen molar-refractivity contribution in [1.82, 2.24) is 20.4 Å². The van der Waals surface area contributed by atoms with Gasteiger partial charge in [0, 0.05) is 44.1 Å². The molecular formula is C26H32N4O10-2. The van der Waals surface area contributed by atoms with Gasteiger partial charge in [0.1, 0.15) is 6.61 Å². The highest BCUT2D eigenvalue weighted by Gasteiger charge is 2.47. The number of aliphatic carboxylic acids is 2. The lowest BCUT2D eigenvalue weighted by molar-refractivity contribution is -0.312. The van der Waals surface area contributed by atoms with Crippen LogP contribution in [-0.2, 0) is 28.7 Å². The summed E-state index contributed by atoms with van der Waals surface area (Å²) in [6.45, 7) is -0.394. The zero-order valence-electron chi connectivity index (χ0n) is 22.0. The van der Waals surface area contributed by atoms with Crippen LogP contribution < -0.4 is 20.8 Å². The van der Waals surface area contributed by atoms with E-state index in [1.807, 2.05) is 0 Å². The van der Waals surface area contributed by atoms with E-state index < -0.39 is 71.6 Å². The van der Waals surface area contributed by atoms with Crippen LogP contribution in [0, 0.1) is 11.8 Å². The van der Waals surface area contributed by atoms with Gasteiger partial charge in [-0.1, -0.05) is 12.8 Å². The fraction of sp³-hybridized carbons (Fsp3) is 0.615. The molecule has 40 heavy (non-hydrogen) atoms. The third-order valence-electron chi connectivity index (χ3n) is 7.83. The van der Waals surface area contributed by atoms with Crippen LogP contribution in [0.1, 0.15) is 49.1 Å². The maximum atomic E-state index is 13.7. The van der Waals surface area contributed by atoms with E-state index in [-0.39, 0.29) is 38.3 Å². The number of nitrogens with zero attached hydrogens (tertiary/aromatic N) is 2. The molecule has 0 aromatic carbocycles. The number of hydrogen-bond donors (Lipinski definition) is 2. The smallest absolute Gasteiger partial charge is 0.287 e. The van der Waals surface area contributed by atoms with Crippen LogP contribution in [0.5, 0.6) is 0 Å². The molecule has 2 aliphatic heterocycles. The molecule has 1 saturated carbocycles. The number of methoxy groups -OCH3 is 1. The summed E-state index contributed by atoms with van der Waals surface area (Å²) in [6, 6.07) is -0.929. The van der Waals surface area contributed by atoms with E-state index in [1.54, 1.807) is 0 Å². The first-order valence-electron chi connectivity index (χ1n) is 13.3. The summed E-state index contributed by atoms with van der Waals surface area (Å²) in [5.74, 6) is -6.79. The molecule has 1 aliphatic carbocycles. The fourth-order valence-corrected chi connectivity index (χ4v) is 6.03. The number of nitrogens with one attached hydrogen (secondary N) is 2. The molecule has 2 N–H and O–H groups in total. The van der Waals surface area contributed by atoms with Crippen molar-refractivity contribution in [3.63, 3.8) is 0 Å². The SMILES string of the molecule is COCC(=O)N[C@H]1C[C@@H](C(=O)[O-])N(C(=O)[C@H]2CCCC[C@@H]2C(=O)N2C[C@@H](NC(=O)c3ccco3)C[C@H]2C(=O)[O-])C1. The number of hydrogen-bond acceptors (Lipinski definition) is 10. The van der Waals surface area contributed by atoms with Crippen molar-refractivity contribution < 1.29 is 48.1 Å². The van der Waals surface area contributed by atoms with Gasteiger partial charge in [-0.3, -0.25) is 19.2 Å². The van der Waals surface area contributed by atoms with Gasteiger partial charge in [-0.25, -0.2) is 0 Å². The monoisotopic (exact) mass is 560 g/mol. The van der Waals surface area contributed by atoms with Gasteiger partial charge in [0.25, 0.3) is 5.91 Å². The van der Waals surface area contributed by atoms with Crippen LogP contribution in [0.15, 0.2) is 22.8 Å². The Kier molecular flexibility index (Phi) is 9.07. The van der Waals surface area contributed by atoms with Gasteiger partial charge < -0.3 is 49.4 Å². The number of likely N-dealkylation sites (tertiary alicyclic amines) is 2. The first-order chi connectivity index (χ1) is 19.1. The van der Waals surface area contributed by atoms with Gasteiger partial charge in [-0.05, 0) is 37.8 Å². The molecule has 0 spiro atoms. The van der Waals surface area contributed by atoms with Crippen LogP contribution in [0.4, 0.5) is 0 Å². The molecule has 4 rings (SSSR count). The Morgan fingerprint density at radius 2 is 1.43 bits per heavy atom. The summed E-state index contributed by atoms with van der Waals surface area (Å²) >= 11 is 0. The van der Waals surface area contributed by atoms with E-state index in [2.05, 4.69) is 10.6 Å². The first-order valence-corrected chi connectivity index (χ1v) is 13.3. The Bertz CT molecular complexity index is 1140. The molecule has 3 heterocycles. The van der Waals surface area contributed by atoms with E-state index in [0.717, 1.165) is 9.80 Å². The molecule has 218 valence electrons. The summed E-state index contributed by atoms with van der Waals surface area (Å²) in [5, 5.41) is 29.1. The predicted octanol–water partition coefficient (Wildman–Crippen LogP) is -2.98. The number of carboxylic acid groups (broad SMARTS) is 2. The molecular weight excluding hydrogens is 528 g/mol. The number of furan rings is 1. The Labute approximate surface area is 230 Å². The molecule has 2 saturated heterocycles. The quantitative estimate of drug-likeness (QED) is 0.314. The summed E-state index contributed by atoms with van der Waals surface area (Å²) in [5.41, 5.74) is 0. The van der Waals surface area contributed by atoms with Gasteiger partial charge in [0.15, 0.2) is 5.76 Å². The second-order valence-corrected chi connectivity index (χ2v) is 10.5. The van der Waals surface area contributed by atoms with Crippen molar-refractivity contribution in [2.75, 3.05) is 26.8 Å². The summed E-state index contributed by atoms with van der Waals surface area (Å²) in [7, 11) is 1.34. The van der Waals surface area contributed by atoms with E-state index in [4.69, 9.17) is 9.15 Å².